The third-order valence-corrected chi connectivity index (χ3v) is 6.42. The van der Waals surface area contributed by atoms with Gasteiger partial charge < -0.3 is 0 Å². The average molecular weight is 403 g/mol. The van der Waals surface area contributed by atoms with Crippen molar-refractivity contribution in [1.29, 1.82) is 0 Å². The lowest BCUT2D eigenvalue weighted by molar-refractivity contribution is 0.304. The highest BCUT2D eigenvalue weighted by atomic mass is 19.1. The van der Waals surface area contributed by atoms with Gasteiger partial charge in [-0.2, -0.15) is 0 Å². The summed E-state index contributed by atoms with van der Waals surface area (Å²) in [5.41, 5.74) is 2.33. The van der Waals surface area contributed by atoms with Crippen LogP contribution in [-0.4, -0.2) is 0 Å². The topological polar surface area (TPSA) is 0 Å². The number of unbranched alkanes of at least 4 members (excludes halogenated alkanes) is 1. The molecule has 0 aliphatic heterocycles. The first-order valence-corrected chi connectivity index (χ1v) is 11.1. The number of halogens is 2. The highest BCUT2D eigenvalue weighted by Crippen LogP contribution is 2.38. The van der Waals surface area contributed by atoms with E-state index in [2.05, 4.69) is 18.8 Å². The van der Waals surface area contributed by atoms with Gasteiger partial charge in [-0.3, -0.25) is 0 Å². The molecule has 3 aromatic carbocycles. The third kappa shape index (κ3) is 4.90. The molecule has 0 spiro atoms. The largest absolute Gasteiger partial charge is 0.207 e. The summed E-state index contributed by atoms with van der Waals surface area (Å²) < 4.78 is 28.0. The molecule has 1 aliphatic carbocycles. The molecule has 2 heteroatoms. The Labute approximate surface area is 178 Å². The first kappa shape index (κ1) is 20.6. The van der Waals surface area contributed by atoms with Crippen LogP contribution in [0.4, 0.5) is 8.78 Å². The zero-order chi connectivity index (χ0) is 20.9. The number of hydrogen-bond acceptors (Lipinski definition) is 0. The van der Waals surface area contributed by atoms with Crippen LogP contribution in [0.15, 0.2) is 54.6 Å². The quantitative estimate of drug-likeness (QED) is 0.388. The minimum atomic E-state index is -0.252. The average Bonchev–Trinajstić information content (AvgIpc) is 2.77. The molecule has 0 amide bonds. The molecule has 4 rings (SSSR count). The maximum absolute atomic E-state index is 14.7. The fourth-order valence-electron chi connectivity index (χ4n) is 4.60. The van der Waals surface area contributed by atoms with E-state index in [-0.39, 0.29) is 11.6 Å². The van der Waals surface area contributed by atoms with E-state index in [1.807, 2.05) is 30.3 Å². The number of rotatable bonds is 4. The summed E-state index contributed by atoms with van der Waals surface area (Å²) in [4.78, 5) is 0. The van der Waals surface area contributed by atoms with Crippen LogP contribution in [0.25, 0.3) is 10.8 Å². The Morgan fingerprint density at radius 1 is 0.833 bits per heavy atom. The van der Waals surface area contributed by atoms with E-state index >= 15 is 0 Å². The van der Waals surface area contributed by atoms with Crippen LogP contribution < -0.4 is 0 Å². The van der Waals surface area contributed by atoms with Gasteiger partial charge in [-0.25, -0.2) is 8.78 Å². The summed E-state index contributed by atoms with van der Waals surface area (Å²) in [6, 6.07) is 15.8. The standard InChI is InChI=1S/C28H28F2/c1-2-3-4-20-5-9-22(10-6-20)26-14-13-23(28(30)19-26)11-7-21-8-12-25-18-27(29)16-15-24(25)17-21/h8,12-20,22H,2-6,9-10H2,1H3. The van der Waals surface area contributed by atoms with E-state index in [0.717, 1.165) is 40.7 Å². The molecular weight excluding hydrogens is 374 g/mol. The van der Waals surface area contributed by atoms with Gasteiger partial charge in [-0.15, -0.1) is 0 Å². The second-order valence-corrected chi connectivity index (χ2v) is 8.56. The summed E-state index contributed by atoms with van der Waals surface area (Å²) in [6.45, 7) is 2.25. The first-order chi connectivity index (χ1) is 14.6. The Balaban J connectivity index is 1.45. The summed E-state index contributed by atoms with van der Waals surface area (Å²) in [5, 5.41) is 1.76. The molecule has 1 fully saturated rings. The Bertz CT molecular complexity index is 1080. The first-order valence-electron chi connectivity index (χ1n) is 11.1. The smallest absolute Gasteiger partial charge is 0.139 e. The predicted molar refractivity (Wildman–Crippen MR) is 121 cm³/mol. The molecule has 0 nitrogen and oxygen atoms in total. The SMILES string of the molecule is CCCCC1CCC(c2ccc(C#Cc3ccc4cc(F)ccc4c3)c(F)c2)CC1. The Kier molecular flexibility index (Phi) is 6.48. The van der Waals surface area contributed by atoms with Crippen LogP contribution in [0.1, 0.15) is 74.5 Å². The minimum absolute atomic E-state index is 0.240. The molecule has 1 saturated carbocycles. The molecule has 154 valence electrons. The van der Waals surface area contributed by atoms with Gasteiger partial charge in [-0.05, 0) is 90.3 Å². The minimum Gasteiger partial charge on any atom is -0.207 e. The lowest BCUT2D eigenvalue weighted by Gasteiger charge is -2.28. The van der Waals surface area contributed by atoms with Crippen molar-refractivity contribution in [2.24, 2.45) is 5.92 Å². The van der Waals surface area contributed by atoms with Crippen LogP contribution in [0.2, 0.25) is 0 Å². The normalized spacial score (nSPS) is 18.8. The van der Waals surface area contributed by atoms with Gasteiger partial charge in [0.25, 0.3) is 0 Å². The Hall–Kier alpha value is -2.66. The van der Waals surface area contributed by atoms with E-state index < -0.39 is 0 Å². The van der Waals surface area contributed by atoms with Gasteiger partial charge in [-0.1, -0.05) is 56.2 Å². The highest BCUT2D eigenvalue weighted by Gasteiger charge is 2.22. The van der Waals surface area contributed by atoms with Crippen LogP contribution in [0.3, 0.4) is 0 Å². The van der Waals surface area contributed by atoms with Gasteiger partial charge in [0.2, 0.25) is 0 Å². The van der Waals surface area contributed by atoms with E-state index in [1.165, 1.54) is 44.2 Å². The molecule has 30 heavy (non-hydrogen) atoms. The maximum Gasteiger partial charge on any atom is 0.139 e. The van der Waals surface area contributed by atoms with Crippen molar-refractivity contribution in [2.75, 3.05) is 0 Å². The molecule has 1 aliphatic rings. The van der Waals surface area contributed by atoms with Crippen LogP contribution in [0.5, 0.6) is 0 Å². The van der Waals surface area contributed by atoms with Gasteiger partial charge in [0.15, 0.2) is 0 Å². The molecule has 0 unspecified atom stereocenters. The lowest BCUT2D eigenvalue weighted by Crippen LogP contribution is -2.13. The van der Waals surface area contributed by atoms with Crippen molar-refractivity contribution in [3.8, 4) is 11.8 Å². The van der Waals surface area contributed by atoms with Crippen molar-refractivity contribution >= 4 is 10.8 Å². The molecular formula is C28H28F2. The highest BCUT2D eigenvalue weighted by molar-refractivity contribution is 5.83. The zero-order valence-electron chi connectivity index (χ0n) is 17.6. The molecule has 0 bridgehead atoms. The number of fused-ring (bicyclic) bond motifs is 1. The van der Waals surface area contributed by atoms with Gasteiger partial charge in [0.1, 0.15) is 11.6 Å². The molecule has 0 atom stereocenters. The lowest BCUT2D eigenvalue weighted by atomic mass is 9.77. The van der Waals surface area contributed by atoms with E-state index in [1.54, 1.807) is 12.1 Å². The summed E-state index contributed by atoms with van der Waals surface area (Å²) in [6.07, 6.45) is 8.79. The molecule has 3 aromatic rings. The van der Waals surface area contributed by atoms with Gasteiger partial charge in [0, 0.05) is 5.56 Å². The van der Waals surface area contributed by atoms with Gasteiger partial charge in [0.05, 0.1) is 5.56 Å². The van der Waals surface area contributed by atoms with Crippen LogP contribution in [0, 0.1) is 29.4 Å². The van der Waals surface area contributed by atoms with Crippen molar-refractivity contribution in [1.82, 2.24) is 0 Å². The predicted octanol–water partition coefficient (Wildman–Crippen LogP) is 7.98. The molecule has 0 aromatic heterocycles. The van der Waals surface area contributed by atoms with Crippen LogP contribution in [-0.2, 0) is 0 Å². The fourth-order valence-corrected chi connectivity index (χ4v) is 4.60. The van der Waals surface area contributed by atoms with E-state index in [9.17, 15) is 8.78 Å². The van der Waals surface area contributed by atoms with Crippen molar-refractivity contribution < 1.29 is 8.78 Å². The Morgan fingerprint density at radius 3 is 2.37 bits per heavy atom. The Morgan fingerprint density at radius 2 is 1.60 bits per heavy atom. The van der Waals surface area contributed by atoms with Crippen molar-refractivity contribution in [3.63, 3.8) is 0 Å². The summed E-state index contributed by atoms with van der Waals surface area (Å²) in [7, 11) is 0. The third-order valence-electron chi connectivity index (χ3n) is 6.42. The van der Waals surface area contributed by atoms with Crippen molar-refractivity contribution in [2.45, 2.75) is 57.8 Å². The molecule has 0 N–H and O–H groups in total. The summed E-state index contributed by atoms with van der Waals surface area (Å²) in [5.74, 6) is 6.85. The van der Waals surface area contributed by atoms with Gasteiger partial charge >= 0.3 is 0 Å². The van der Waals surface area contributed by atoms with E-state index in [4.69, 9.17) is 0 Å². The number of benzene rings is 3. The monoisotopic (exact) mass is 402 g/mol. The second-order valence-electron chi connectivity index (χ2n) is 8.56. The molecule has 0 heterocycles. The summed E-state index contributed by atoms with van der Waals surface area (Å²) >= 11 is 0. The van der Waals surface area contributed by atoms with Crippen LogP contribution >= 0.6 is 0 Å². The molecule has 0 saturated heterocycles. The van der Waals surface area contributed by atoms with E-state index in [0.29, 0.717) is 11.5 Å². The number of hydrogen-bond donors (Lipinski definition) is 0. The zero-order valence-corrected chi connectivity index (χ0v) is 17.6. The fraction of sp³-hybridized carbons (Fsp3) is 0.357. The van der Waals surface area contributed by atoms with Crippen molar-refractivity contribution in [3.05, 3.63) is 82.9 Å². The molecule has 0 radical (unpaired) electrons. The maximum atomic E-state index is 14.7. The second kappa shape index (κ2) is 9.43.